The lowest BCUT2D eigenvalue weighted by Gasteiger charge is -2.13. The zero-order valence-corrected chi connectivity index (χ0v) is 10.00. The third-order valence-electron chi connectivity index (χ3n) is 2.78. The van der Waals surface area contributed by atoms with Crippen molar-refractivity contribution in [3.63, 3.8) is 0 Å². The van der Waals surface area contributed by atoms with Gasteiger partial charge in [0.2, 0.25) is 0 Å². The van der Waals surface area contributed by atoms with Crippen LogP contribution in [0.15, 0.2) is 22.7 Å². The van der Waals surface area contributed by atoms with Gasteiger partial charge in [-0.2, -0.15) is 0 Å². The summed E-state index contributed by atoms with van der Waals surface area (Å²) in [7, 11) is 0. The van der Waals surface area contributed by atoms with Gasteiger partial charge in [-0.3, -0.25) is 10.1 Å². The van der Waals surface area contributed by atoms with E-state index in [4.69, 9.17) is 5.11 Å². The monoisotopic (exact) mass is 287 g/mol. The number of rotatable bonds is 2. The minimum Gasteiger partial charge on any atom is -0.480 e. The number of benzene rings is 1. The molecule has 16 heavy (non-hydrogen) atoms. The van der Waals surface area contributed by atoms with Gasteiger partial charge < -0.3 is 5.11 Å². The van der Waals surface area contributed by atoms with Gasteiger partial charge in [0.1, 0.15) is 11.9 Å². The van der Waals surface area contributed by atoms with Crippen LogP contribution in [0.2, 0.25) is 0 Å². The second kappa shape index (κ2) is 4.51. The molecular formula is C11H11BrFNO2. The van der Waals surface area contributed by atoms with Crippen molar-refractivity contribution >= 4 is 21.9 Å². The first-order valence-electron chi connectivity index (χ1n) is 5.01. The van der Waals surface area contributed by atoms with E-state index in [0.29, 0.717) is 18.4 Å². The zero-order valence-electron chi connectivity index (χ0n) is 8.41. The Morgan fingerprint density at radius 1 is 1.50 bits per heavy atom. The van der Waals surface area contributed by atoms with Crippen molar-refractivity contribution < 1.29 is 14.3 Å². The summed E-state index contributed by atoms with van der Waals surface area (Å²) in [6.45, 7) is 0. The number of hydrogen-bond acceptors (Lipinski definition) is 2. The van der Waals surface area contributed by atoms with Gasteiger partial charge in [0.05, 0.1) is 0 Å². The van der Waals surface area contributed by atoms with E-state index in [1.807, 2.05) is 0 Å². The molecule has 1 aliphatic heterocycles. The summed E-state index contributed by atoms with van der Waals surface area (Å²) in [5.74, 6) is -1.18. The summed E-state index contributed by atoms with van der Waals surface area (Å²) in [6, 6.07) is 3.93. The second-order valence-electron chi connectivity index (χ2n) is 3.85. The molecule has 0 bridgehead atoms. The number of carboxylic acids is 1. The van der Waals surface area contributed by atoms with Crippen LogP contribution in [-0.2, 0) is 4.79 Å². The standard InChI is InChI=1S/C11H11BrFNO2/c12-6-1-2-8(13)7(5-6)9-3-4-10(14-9)11(15)16/h1-2,5,9-10,14H,3-4H2,(H,15,16)/t9?,10-/m0/s1. The first kappa shape index (κ1) is 11.5. The first-order chi connectivity index (χ1) is 7.58. The Morgan fingerprint density at radius 3 is 2.88 bits per heavy atom. The average Bonchev–Trinajstić information content (AvgIpc) is 2.70. The minimum absolute atomic E-state index is 0.210. The number of halogens is 2. The first-order valence-corrected chi connectivity index (χ1v) is 5.81. The van der Waals surface area contributed by atoms with E-state index in [-0.39, 0.29) is 11.9 Å². The SMILES string of the molecule is O=C(O)[C@@H]1CCC(c2cc(Br)ccc2F)N1. The third kappa shape index (κ3) is 2.25. The Kier molecular flexibility index (Phi) is 3.25. The predicted molar refractivity (Wildman–Crippen MR) is 60.6 cm³/mol. The molecule has 2 rings (SSSR count). The van der Waals surface area contributed by atoms with E-state index in [9.17, 15) is 9.18 Å². The molecule has 1 saturated heterocycles. The molecule has 1 heterocycles. The van der Waals surface area contributed by atoms with Gasteiger partial charge >= 0.3 is 5.97 Å². The van der Waals surface area contributed by atoms with Crippen LogP contribution in [0.1, 0.15) is 24.4 Å². The van der Waals surface area contributed by atoms with Crippen LogP contribution < -0.4 is 5.32 Å². The van der Waals surface area contributed by atoms with E-state index in [1.54, 1.807) is 12.1 Å². The number of hydrogen-bond donors (Lipinski definition) is 2. The average molecular weight is 288 g/mol. The molecule has 0 aliphatic carbocycles. The molecule has 0 spiro atoms. The second-order valence-corrected chi connectivity index (χ2v) is 4.77. The van der Waals surface area contributed by atoms with Crippen LogP contribution in [0.3, 0.4) is 0 Å². The van der Waals surface area contributed by atoms with Gasteiger partial charge in [-0.05, 0) is 31.0 Å². The fourth-order valence-corrected chi connectivity index (χ4v) is 2.34. The summed E-state index contributed by atoms with van der Waals surface area (Å²) in [5, 5.41) is 11.8. The quantitative estimate of drug-likeness (QED) is 0.879. The van der Waals surface area contributed by atoms with Gasteiger partial charge in [0, 0.05) is 16.1 Å². The molecular weight excluding hydrogens is 277 g/mol. The van der Waals surface area contributed by atoms with Crippen molar-refractivity contribution in [1.82, 2.24) is 5.32 Å². The molecule has 0 aromatic heterocycles. The van der Waals surface area contributed by atoms with Gasteiger partial charge in [0.25, 0.3) is 0 Å². The molecule has 2 N–H and O–H groups in total. The summed E-state index contributed by atoms with van der Waals surface area (Å²) < 4.78 is 14.3. The fourth-order valence-electron chi connectivity index (χ4n) is 1.96. The summed E-state index contributed by atoms with van der Waals surface area (Å²) >= 11 is 3.28. The molecule has 2 atom stereocenters. The molecule has 1 aliphatic rings. The third-order valence-corrected chi connectivity index (χ3v) is 3.27. The van der Waals surface area contributed by atoms with Crippen molar-refractivity contribution in [2.75, 3.05) is 0 Å². The van der Waals surface area contributed by atoms with Gasteiger partial charge in [-0.25, -0.2) is 4.39 Å². The Bertz CT molecular complexity index is 424. The summed E-state index contributed by atoms with van der Waals surface area (Å²) in [6.07, 6.45) is 1.18. The van der Waals surface area contributed by atoms with Crippen LogP contribution in [0.4, 0.5) is 4.39 Å². The van der Waals surface area contributed by atoms with Crippen LogP contribution in [-0.4, -0.2) is 17.1 Å². The lowest BCUT2D eigenvalue weighted by atomic mass is 10.0. The highest BCUT2D eigenvalue weighted by atomic mass is 79.9. The van der Waals surface area contributed by atoms with Crippen molar-refractivity contribution in [3.05, 3.63) is 34.1 Å². The molecule has 86 valence electrons. The lowest BCUT2D eigenvalue weighted by Crippen LogP contribution is -2.32. The zero-order chi connectivity index (χ0) is 11.7. The molecule has 1 aromatic carbocycles. The van der Waals surface area contributed by atoms with Crippen molar-refractivity contribution in [2.24, 2.45) is 0 Å². The highest BCUT2D eigenvalue weighted by Crippen LogP contribution is 2.30. The molecule has 0 radical (unpaired) electrons. The molecule has 3 nitrogen and oxygen atoms in total. The van der Waals surface area contributed by atoms with Crippen molar-refractivity contribution in [2.45, 2.75) is 24.9 Å². The van der Waals surface area contributed by atoms with E-state index >= 15 is 0 Å². The molecule has 0 amide bonds. The number of carboxylic acid groups (broad SMARTS) is 1. The molecule has 1 unspecified atom stereocenters. The van der Waals surface area contributed by atoms with E-state index < -0.39 is 12.0 Å². The van der Waals surface area contributed by atoms with Gasteiger partial charge in [-0.15, -0.1) is 0 Å². The largest absolute Gasteiger partial charge is 0.480 e. The number of carbonyl (C=O) groups is 1. The Labute approximate surface area is 101 Å². The van der Waals surface area contributed by atoms with E-state index in [1.165, 1.54) is 6.07 Å². The number of nitrogens with one attached hydrogen (secondary N) is 1. The molecule has 0 saturated carbocycles. The van der Waals surface area contributed by atoms with Crippen LogP contribution >= 0.6 is 15.9 Å². The summed E-state index contributed by atoms with van der Waals surface area (Å²) in [4.78, 5) is 10.8. The number of aliphatic carboxylic acids is 1. The van der Waals surface area contributed by atoms with E-state index in [2.05, 4.69) is 21.2 Å². The highest BCUT2D eigenvalue weighted by Gasteiger charge is 2.30. The maximum absolute atomic E-state index is 13.5. The summed E-state index contributed by atoms with van der Waals surface area (Å²) in [5.41, 5.74) is 0.526. The maximum atomic E-state index is 13.5. The topological polar surface area (TPSA) is 49.3 Å². The van der Waals surface area contributed by atoms with Gasteiger partial charge in [-0.1, -0.05) is 15.9 Å². The maximum Gasteiger partial charge on any atom is 0.320 e. The van der Waals surface area contributed by atoms with Crippen LogP contribution in [0.25, 0.3) is 0 Å². The highest BCUT2D eigenvalue weighted by molar-refractivity contribution is 9.10. The molecule has 1 aromatic rings. The Balaban J connectivity index is 2.20. The smallest absolute Gasteiger partial charge is 0.320 e. The predicted octanol–water partition coefficient (Wildman–Crippen LogP) is 2.47. The van der Waals surface area contributed by atoms with Crippen LogP contribution in [0, 0.1) is 5.82 Å². The van der Waals surface area contributed by atoms with E-state index in [0.717, 1.165) is 4.47 Å². The lowest BCUT2D eigenvalue weighted by molar-refractivity contribution is -0.139. The minimum atomic E-state index is -0.877. The fraction of sp³-hybridized carbons (Fsp3) is 0.364. The van der Waals surface area contributed by atoms with Crippen LogP contribution in [0.5, 0.6) is 0 Å². The molecule has 1 fully saturated rings. The van der Waals surface area contributed by atoms with Crippen molar-refractivity contribution in [1.29, 1.82) is 0 Å². The molecule has 5 heteroatoms. The Hall–Kier alpha value is -0.940. The Morgan fingerprint density at radius 2 is 2.25 bits per heavy atom. The van der Waals surface area contributed by atoms with Gasteiger partial charge in [0.15, 0.2) is 0 Å². The normalized spacial score (nSPS) is 24.6. The van der Waals surface area contributed by atoms with Crippen molar-refractivity contribution in [3.8, 4) is 0 Å².